The molecular formula is C30H57NO2. The number of amides is 2. The van der Waals surface area contributed by atoms with E-state index < -0.39 is 0 Å². The van der Waals surface area contributed by atoms with E-state index in [9.17, 15) is 9.59 Å². The molecule has 0 unspecified atom stereocenters. The standard InChI is InChI=1S/C30H57NO2/c1-4-5-6-7-8-9-10-11-12-13-14-15-16-17-18-19-20-21-22-23-24-25-26-27-29(32)31-30(33)28(2)3/h2,4-27H2,1,3H3,(H,31,32,33). The SMILES string of the molecule is C=C(C)C(=O)NC(=O)CCCCCCCCCCCCCCCCCCCCCCCCC. The minimum Gasteiger partial charge on any atom is -0.293 e. The lowest BCUT2D eigenvalue weighted by atomic mass is 10.0. The van der Waals surface area contributed by atoms with Gasteiger partial charge in [-0.1, -0.05) is 155 Å². The van der Waals surface area contributed by atoms with Gasteiger partial charge in [0.1, 0.15) is 0 Å². The Hall–Kier alpha value is -1.12. The van der Waals surface area contributed by atoms with Crippen molar-refractivity contribution in [3.8, 4) is 0 Å². The Balaban J connectivity index is 3.14. The van der Waals surface area contributed by atoms with Gasteiger partial charge in [0.15, 0.2) is 0 Å². The lowest BCUT2D eigenvalue weighted by Crippen LogP contribution is -2.30. The minimum absolute atomic E-state index is 0.175. The van der Waals surface area contributed by atoms with E-state index in [-0.39, 0.29) is 11.8 Å². The zero-order chi connectivity index (χ0) is 24.4. The quantitative estimate of drug-likeness (QED) is 0.108. The van der Waals surface area contributed by atoms with Crippen LogP contribution in [0.4, 0.5) is 0 Å². The Morgan fingerprint density at radius 3 is 1.06 bits per heavy atom. The first-order valence-electron chi connectivity index (χ1n) is 14.6. The van der Waals surface area contributed by atoms with Gasteiger partial charge in [-0.15, -0.1) is 0 Å². The molecule has 0 aromatic heterocycles. The number of imide groups is 1. The predicted molar refractivity (Wildman–Crippen MR) is 144 cm³/mol. The van der Waals surface area contributed by atoms with Gasteiger partial charge in [0.25, 0.3) is 5.91 Å². The van der Waals surface area contributed by atoms with E-state index in [2.05, 4.69) is 18.8 Å². The molecule has 2 amide bonds. The molecule has 1 N–H and O–H groups in total. The summed E-state index contributed by atoms with van der Waals surface area (Å²) in [7, 11) is 0. The second kappa shape index (κ2) is 25.5. The van der Waals surface area contributed by atoms with Crippen LogP contribution in [0.25, 0.3) is 0 Å². The van der Waals surface area contributed by atoms with E-state index >= 15 is 0 Å². The van der Waals surface area contributed by atoms with Crippen LogP contribution in [0.15, 0.2) is 12.2 Å². The highest BCUT2D eigenvalue weighted by Gasteiger charge is 2.07. The number of carbonyl (C=O) groups is 2. The average Bonchev–Trinajstić information content (AvgIpc) is 2.79. The molecule has 0 atom stereocenters. The molecule has 0 aliphatic rings. The van der Waals surface area contributed by atoms with Crippen molar-refractivity contribution in [3.05, 3.63) is 12.2 Å². The topological polar surface area (TPSA) is 46.2 Å². The Morgan fingerprint density at radius 2 is 0.788 bits per heavy atom. The number of unbranched alkanes of at least 4 members (excludes halogenated alkanes) is 22. The minimum atomic E-state index is -0.353. The molecule has 0 aliphatic carbocycles. The first kappa shape index (κ1) is 31.9. The Morgan fingerprint density at radius 1 is 0.515 bits per heavy atom. The monoisotopic (exact) mass is 463 g/mol. The molecule has 0 saturated heterocycles. The molecule has 0 radical (unpaired) electrons. The van der Waals surface area contributed by atoms with E-state index in [0.29, 0.717) is 12.0 Å². The maximum absolute atomic E-state index is 11.6. The van der Waals surface area contributed by atoms with Crippen LogP contribution in [-0.4, -0.2) is 11.8 Å². The van der Waals surface area contributed by atoms with Crippen LogP contribution in [-0.2, 0) is 9.59 Å². The normalized spacial score (nSPS) is 11.0. The summed E-state index contributed by atoms with van der Waals surface area (Å²) in [6.07, 6.45) is 31.9. The third-order valence-electron chi connectivity index (χ3n) is 6.65. The van der Waals surface area contributed by atoms with Gasteiger partial charge in [-0.2, -0.15) is 0 Å². The number of carbonyl (C=O) groups excluding carboxylic acids is 2. The van der Waals surface area contributed by atoms with E-state index in [0.717, 1.165) is 12.8 Å². The van der Waals surface area contributed by atoms with Crippen molar-refractivity contribution < 1.29 is 9.59 Å². The maximum atomic E-state index is 11.6. The highest BCUT2D eigenvalue weighted by molar-refractivity contribution is 6.03. The van der Waals surface area contributed by atoms with Gasteiger partial charge in [-0.05, 0) is 13.3 Å². The van der Waals surface area contributed by atoms with Crippen LogP contribution >= 0.6 is 0 Å². The van der Waals surface area contributed by atoms with Crippen molar-refractivity contribution >= 4 is 11.8 Å². The summed E-state index contributed by atoms with van der Waals surface area (Å²) >= 11 is 0. The molecule has 0 aromatic carbocycles. The summed E-state index contributed by atoms with van der Waals surface area (Å²) < 4.78 is 0. The zero-order valence-electron chi connectivity index (χ0n) is 22.5. The smallest absolute Gasteiger partial charge is 0.252 e. The van der Waals surface area contributed by atoms with Gasteiger partial charge in [0.2, 0.25) is 5.91 Å². The lowest BCUT2D eigenvalue weighted by molar-refractivity contribution is -0.128. The fourth-order valence-corrected chi connectivity index (χ4v) is 4.37. The van der Waals surface area contributed by atoms with Gasteiger partial charge in [-0.25, -0.2) is 0 Å². The van der Waals surface area contributed by atoms with Gasteiger partial charge < -0.3 is 0 Å². The van der Waals surface area contributed by atoms with Crippen molar-refractivity contribution in [3.63, 3.8) is 0 Å². The molecule has 33 heavy (non-hydrogen) atoms. The summed E-state index contributed by atoms with van der Waals surface area (Å²) in [6.45, 7) is 7.44. The summed E-state index contributed by atoms with van der Waals surface area (Å²) in [6, 6.07) is 0. The molecule has 0 spiro atoms. The second-order valence-electron chi connectivity index (χ2n) is 10.2. The van der Waals surface area contributed by atoms with Crippen LogP contribution in [0.1, 0.15) is 168 Å². The molecule has 0 rings (SSSR count). The first-order valence-corrected chi connectivity index (χ1v) is 14.6. The molecule has 0 saturated carbocycles. The van der Waals surface area contributed by atoms with E-state index in [4.69, 9.17) is 0 Å². The van der Waals surface area contributed by atoms with Crippen molar-refractivity contribution in [2.24, 2.45) is 0 Å². The molecule has 0 fully saturated rings. The van der Waals surface area contributed by atoms with E-state index in [1.165, 1.54) is 135 Å². The number of hydrogen-bond donors (Lipinski definition) is 1. The Labute approximate surface area is 207 Å². The highest BCUT2D eigenvalue weighted by atomic mass is 16.2. The Kier molecular flexibility index (Phi) is 24.6. The van der Waals surface area contributed by atoms with E-state index in [1.807, 2.05) is 0 Å². The Bertz CT molecular complexity index is 472. The van der Waals surface area contributed by atoms with Crippen molar-refractivity contribution in [1.29, 1.82) is 0 Å². The van der Waals surface area contributed by atoms with Crippen molar-refractivity contribution in [1.82, 2.24) is 5.32 Å². The molecule has 0 heterocycles. The average molecular weight is 464 g/mol. The predicted octanol–water partition coefficient (Wildman–Crippen LogP) is 9.59. The van der Waals surface area contributed by atoms with Crippen LogP contribution in [0.2, 0.25) is 0 Å². The molecule has 0 aliphatic heterocycles. The summed E-state index contributed by atoms with van der Waals surface area (Å²) in [4.78, 5) is 23.0. The molecule has 3 heteroatoms. The van der Waals surface area contributed by atoms with Gasteiger partial charge in [0, 0.05) is 12.0 Å². The van der Waals surface area contributed by atoms with Crippen molar-refractivity contribution in [2.45, 2.75) is 168 Å². The van der Waals surface area contributed by atoms with Crippen molar-refractivity contribution in [2.75, 3.05) is 0 Å². The summed E-state index contributed by atoms with van der Waals surface area (Å²) in [5.41, 5.74) is 0.382. The first-order chi connectivity index (χ1) is 16.1. The molecule has 3 nitrogen and oxygen atoms in total. The highest BCUT2D eigenvalue weighted by Crippen LogP contribution is 2.15. The van der Waals surface area contributed by atoms with Crippen LogP contribution in [0.3, 0.4) is 0 Å². The zero-order valence-corrected chi connectivity index (χ0v) is 22.5. The molecule has 0 bridgehead atoms. The molecule has 194 valence electrons. The molecular weight excluding hydrogens is 406 g/mol. The third-order valence-corrected chi connectivity index (χ3v) is 6.65. The number of hydrogen-bond acceptors (Lipinski definition) is 2. The summed E-state index contributed by atoms with van der Waals surface area (Å²) in [5, 5.41) is 2.37. The fourth-order valence-electron chi connectivity index (χ4n) is 4.37. The van der Waals surface area contributed by atoms with Crippen LogP contribution in [0.5, 0.6) is 0 Å². The van der Waals surface area contributed by atoms with Gasteiger partial charge >= 0.3 is 0 Å². The fraction of sp³-hybridized carbons (Fsp3) is 0.867. The number of nitrogens with one attached hydrogen (secondary N) is 1. The van der Waals surface area contributed by atoms with Crippen LogP contribution in [0, 0.1) is 0 Å². The van der Waals surface area contributed by atoms with Gasteiger partial charge in [-0.3, -0.25) is 14.9 Å². The second-order valence-corrected chi connectivity index (χ2v) is 10.2. The molecule has 0 aromatic rings. The van der Waals surface area contributed by atoms with E-state index in [1.54, 1.807) is 6.92 Å². The largest absolute Gasteiger partial charge is 0.293 e. The maximum Gasteiger partial charge on any atom is 0.252 e. The van der Waals surface area contributed by atoms with Gasteiger partial charge in [0.05, 0.1) is 0 Å². The third kappa shape index (κ3) is 25.3. The lowest BCUT2D eigenvalue weighted by Gasteiger charge is -2.05. The van der Waals surface area contributed by atoms with Crippen LogP contribution < -0.4 is 5.32 Å². The number of rotatable bonds is 25. The summed E-state index contributed by atoms with van der Waals surface area (Å²) in [5.74, 6) is -0.527.